The molecular formula is C21H35FIN5O. The number of nitrogens with zero attached hydrogens (tertiary/aromatic N) is 3. The molecule has 0 unspecified atom stereocenters. The van der Waals surface area contributed by atoms with Crippen molar-refractivity contribution in [3.8, 4) is 0 Å². The van der Waals surface area contributed by atoms with Gasteiger partial charge in [-0.1, -0.05) is 6.07 Å². The highest BCUT2D eigenvalue weighted by Gasteiger charge is 2.23. The SMILES string of the molecule is CCNC(=NCc1ccc(F)c(CN(C)C)c1)N1CCC(CC(=O)NC)CC1.I. The van der Waals surface area contributed by atoms with Crippen LogP contribution in [0.5, 0.6) is 0 Å². The largest absolute Gasteiger partial charge is 0.359 e. The van der Waals surface area contributed by atoms with Crippen LogP contribution in [0.2, 0.25) is 0 Å². The third-order valence-corrected chi connectivity index (χ3v) is 5.01. The zero-order valence-corrected chi connectivity index (χ0v) is 20.3. The van der Waals surface area contributed by atoms with Crippen molar-refractivity contribution in [3.05, 3.63) is 35.1 Å². The van der Waals surface area contributed by atoms with Crippen LogP contribution in [-0.2, 0) is 17.9 Å². The Bertz CT molecular complexity index is 675. The second-order valence-electron chi connectivity index (χ2n) is 7.64. The molecule has 0 spiro atoms. The van der Waals surface area contributed by atoms with Crippen molar-refractivity contribution in [3.63, 3.8) is 0 Å². The van der Waals surface area contributed by atoms with Crippen LogP contribution in [-0.4, -0.2) is 62.4 Å². The molecule has 1 aromatic rings. The topological polar surface area (TPSA) is 60.0 Å². The van der Waals surface area contributed by atoms with Crippen molar-refractivity contribution in [2.75, 3.05) is 40.8 Å². The number of benzene rings is 1. The fourth-order valence-corrected chi connectivity index (χ4v) is 3.49. The highest BCUT2D eigenvalue weighted by Crippen LogP contribution is 2.21. The van der Waals surface area contributed by atoms with Crippen LogP contribution in [0.15, 0.2) is 23.2 Å². The van der Waals surface area contributed by atoms with Gasteiger partial charge in [0.1, 0.15) is 5.82 Å². The van der Waals surface area contributed by atoms with Crippen LogP contribution >= 0.6 is 24.0 Å². The van der Waals surface area contributed by atoms with Crippen LogP contribution in [0, 0.1) is 11.7 Å². The molecule has 0 atom stereocenters. The Balaban J connectivity index is 0.00000420. The first-order valence-electron chi connectivity index (χ1n) is 10.1. The molecule has 1 aliphatic heterocycles. The number of amides is 1. The van der Waals surface area contributed by atoms with Crippen LogP contribution in [0.25, 0.3) is 0 Å². The van der Waals surface area contributed by atoms with Gasteiger partial charge in [0.2, 0.25) is 5.91 Å². The fourth-order valence-electron chi connectivity index (χ4n) is 3.49. The van der Waals surface area contributed by atoms with Crippen LogP contribution in [0.4, 0.5) is 4.39 Å². The van der Waals surface area contributed by atoms with Gasteiger partial charge in [-0.3, -0.25) is 4.79 Å². The van der Waals surface area contributed by atoms with Crippen molar-refractivity contribution >= 4 is 35.8 Å². The van der Waals surface area contributed by atoms with Crippen LogP contribution < -0.4 is 10.6 Å². The molecule has 164 valence electrons. The first-order chi connectivity index (χ1) is 13.4. The van der Waals surface area contributed by atoms with Gasteiger partial charge >= 0.3 is 0 Å². The molecule has 1 amide bonds. The van der Waals surface area contributed by atoms with Gasteiger partial charge in [0.15, 0.2) is 5.96 Å². The number of hydrogen-bond acceptors (Lipinski definition) is 3. The number of carbonyl (C=O) groups is 1. The van der Waals surface area contributed by atoms with E-state index in [0.29, 0.717) is 31.0 Å². The molecule has 2 N–H and O–H groups in total. The van der Waals surface area contributed by atoms with Gasteiger partial charge in [-0.15, -0.1) is 24.0 Å². The molecule has 29 heavy (non-hydrogen) atoms. The Kier molecular flexibility index (Phi) is 11.5. The number of hydrogen-bond donors (Lipinski definition) is 2. The van der Waals surface area contributed by atoms with E-state index in [2.05, 4.69) is 22.5 Å². The number of aliphatic imine (C=N–C) groups is 1. The summed E-state index contributed by atoms with van der Waals surface area (Å²) in [7, 11) is 5.55. The summed E-state index contributed by atoms with van der Waals surface area (Å²) < 4.78 is 14.0. The lowest BCUT2D eigenvalue weighted by Gasteiger charge is -2.34. The van der Waals surface area contributed by atoms with E-state index in [-0.39, 0.29) is 35.7 Å². The average molecular weight is 519 g/mol. The van der Waals surface area contributed by atoms with E-state index in [1.54, 1.807) is 13.1 Å². The summed E-state index contributed by atoms with van der Waals surface area (Å²) in [5.74, 6) is 1.26. The van der Waals surface area contributed by atoms with Gasteiger partial charge in [0, 0.05) is 45.2 Å². The van der Waals surface area contributed by atoms with Crippen molar-refractivity contribution < 1.29 is 9.18 Å². The molecule has 0 radical (unpaired) electrons. The predicted molar refractivity (Wildman–Crippen MR) is 127 cm³/mol. The van der Waals surface area contributed by atoms with E-state index >= 15 is 0 Å². The van der Waals surface area contributed by atoms with Gasteiger partial charge in [-0.25, -0.2) is 9.38 Å². The Hall–Kier alpha value is -1.42. The highest BCUT2D eigenvalue weighted by atomic mass is 127. The molecule has 2 rings (SSSR count). The zero-order valence-electron chi connectivity index (χ0n) is 18.0. The Morgan fingerprint density at radius 3 is 2.59 bits per heavy atom. The van der Waals surface area contributed by atoms with Crippen molar-refractivity contribution in [2.45, 2.75) is 39.3 Å². The summed E-state index contributed by atoms with van der Waals surface area (Å²) in [5.41, 5.74) is 1.70. The maximum absolute atomic E-state index is 14.0. The standard InChI is InChI=1S/C21H34FN5O.HI/c1-5-24-21(27-10-8-16(9-11-27)13-20(28)23-2)25-14-17-6-7-19(22)18(12-17)15-26(3)4;/h6-7,12,16H,5,8-11,13-15H2,1-4H3,(H,23,28)(H,24,25);1H. The molecule has 0 saturated carbocycles. The first-order valence-corrected chi connectivity index (χ1v) is 10.1. The number of piperidine rings is 1. The van der Waals surface area contributed by atoms with E-state index in [1.165, 1.54) is 6.07 Å². The number of nitrogens with one attached hydrogen (secondary N) is 2. The lowest BCUT2D eigenvalue weighted by molar-refractivity contribution is -0.121. The zero-order chi connectivity index (χ0) is 20.5. The molecule has 0 aliphatic carbocycles. The minimum Gasteiger partial charge on any atom is -0.359 e. The second-order valence-corrected chi connectivity index (χ2v) is 7.64. The highest BCUT2D eigenvalue weighted by molar-refractivity contribution is 14.0. The molecule has 1 aromatic carbocycles. The molecule has 0 bridgehead atoms. The van der Waals surface area contributed by atoms with Gasteiger partial charge in [-0.05, 0) is 57.5 Å². The minimum absolute atomic E-state index is 0. The monoisotopic (exact) mass is 519 g/mol. The van der Waals surface area contributed by atoms with Gasteiger partial charge in [0.05, 0.1) is 6.54 Å². The quantitative estimate of drug-likeness (QED) is 0.331. The number of rotatable bonds is 7. The molecule has 6 nitrogen and oxygen atoms in total. The number of guanidine groups is 1. The summed E-state index contributed by atoms with van der Waals surface area (Å²) in [5, 5.41) is 6.07. The van der Waals surface area contributed by atoms with Gasteiger partial charge in [-0.2, -0.15) is 0 Å². The van der Waals surface area contributed by atoms with Crippen molar-refractivity contribution in [2.24, 2.45) is 10.9 Å². The summed E-state index contributed by atoms with van der Waals surface area (Å²) in [6, 6.07) is 5.23. The smallest absolute Gasteiger partial charge is 0.220 e. The van der Waals surface area contributed by atoms with Gasteiger partial charge in [0.25, 0.3) is 0 Å². The van der Waals surface area contributed by atoms with E-state index in [9.17, 15) is 9.18 Å². The molecular weight excluding hydrogens is 484 g/mol. The van der Waals surface area contributed by atoms with E-state index in [4.69, 9.17) is 4.99 Å². The number of likely N-dealkylation sites (tertiary alicyclic amines) is 1. The molecule has 1 heterocycles. The number of halogens is 2. The third-order valence-electron chi connectivity index (χ3n) is 5.01. The molecule has 1 fully saturated rings. The van der Waals surface area contributed by atoms with Crippen molar-refractivity contribution in [1.82, 2.24) is 20.4 Å². The van der Waals surface area contributed by atoms with Crippen LogP contribution in [0.3, 0.4) is 0 Å². The summed E-state index contributed by atoms with van der Waals surface area (Å²) >= 11 is 0. The minimum atomic E-state index is -0.175. The Morgan fingerprint density at radius 1 is 1.31 bits per heavy atom. The average Bonchev–Trinajstić information content (AvgIpc) is 2.67. The number of carbonyl (C=O) groups excluding carboxylic acids is 1. The molecule has 8 heteroatoms. The van der Waals surface area contributed by atoms with E-state index in [0.717, 1.165) is 44.0 Å². The summed E-state index contributed by atoms with van der Waals surface area (Å²) in [6.07, 6.45) is 2.57. The second kappa shape index (κ2) is 13.0. The maximum Gasteiger partial charge on any atom is 0.220 e. The van der Waals surface area contributed by atoms with Gasteiger partial charge < -0.3 is 20.4 Å². The maximum atomic E-state index is 14.0. The fraction of sp³-hybridized carbons (Fsp3) is 0.619. The summed E-state index contributed by atoms with van der Waals surface area (Å²) in [6.45, 7) is 5.72. The Labute approximate surface area is 191 Å². The molecule has 1 saturated heterocycles. The van der Waals surface area contributed by atoms with Crippen LogP contribution in [0.1, 0.15) is 37.3 Å². The molecule has 1 aliphatic rings. The van der Waals surface area contributed by atoms with Crippen molar-refractivity contribution in [1.29, 1.82) is 0 Å². The Morgan fingerprint density at radius 2 is 2.00 bits per heavy atom. The third kappa shape index (κ3) is 8.46. The van der Waals surface area contributed by atoms with E-state index in [1.807, 2.05) is 25.1 Å². The molecule has 0 aromatic heterocycles. The predicted octanol–water partition coefficient (Wildman–Crippen LogP) is 2.82. The normalized spacial score (nSPS) is 15.2. The lowest BCUT2D eigenvalue weighted by Crippen LogP contribution is -2.46. The first kappa shape index (κ1) is 25.6. The van der Waals surface area contributed by atoms with E-state index < -0.39 is 0 Å². The summed E-state index contributed by atoms with van der Waals surface area (Å²) in [4.78, 5) is 20.6. The lowest BCUT2D eigenvalue weighted by atomic mass is 9.93.